The molecule has 0 aliphatic carbocycles. The molecule has 0 bridgehead atoms. The van der Waals surface area contributed by atoms with Crippen LogP contribution in [0.15, 0.2) is 36.5 Å². The number of nitrogen functional groups attached to an aromatic ring is 1. The Labute approximate surface area is 127 Å². The number of nitrogens with two attached hydrogens (primary N) is 1. The molecule has 0 aliphatic heterocycles. The third kappa shape index (κ3) is 2.50. The van der Waals surface area contributed by atoms with Crippen LogP contribution in [0.25, 0.3) is 16.7 Å². The molecule has 3 aromatic rings. The van der Waals surface area contributed by atoms with Gasteiger partial charge in [0.05, 0.1) is 29.3 Å². The van der Waals surface area contributed by atoms with Crippen LogP contribution in [0, 0.1) is 6.92 Å². The van der Waals surface area contributed by atoms with E-state index in [2.05, 4.69) is 9.97 Å². The van der Waals surface area contributed by atoms with Crippen molar-refractivity contribution in [2.75, 3.05) is 5.73 Å². The van der Waals surface area contributed by atoms with Crippen molar-refractivity contribution in [3.8, 4) is 5.69 Å². The zero-order valence-electron chi connectivity index (χ0n) is 12.2. The number of pyridine rings is 1. The van der Waals surface area contributed by atoms with Crippen molar-refractivity contribution in [2.45, 2.75) is 19.8 Å². The highest BCUT2D eigenvalue weighted by atomic mass is 16.4. The van der Waals surface area contributed by atoms with Gasteiger partial charge in [-0.1, -0.05) is 12.1 Å². The molecule has 3 N–H and O–H groups in total. The average Bonchev–Trinajstić information content (AvgIpc) is 2.86. The number of nitrogens with zero attached hydrogens (tertiary/aromatic N) is 3. The number of carboxylic acid groups (broad SMARTS) is 1. The van der Waals surface area contributed by atoms with Crippen LogP contribution in [0.3, 0.4) is 0 Å². The fourth-order valence-corrected chi connectivity index (χ4v) is 2.44. The summed E-state index contributed by atoms with van der Waals surface area (Å²) in [5.41, 5.74) is 9.24. The van der Waals surface area contributed by atoms with Gasteiger partial charge in [-0.15, -0.1) is 0 Å². The number of aliphatic carboxylic acids is 1. The summed E-state index contributed by atoms with van der Waals surface area (Å²) >= 11 is 0. The summed E-state index contributed by atoms with van der Waals surface area (Å²) in [6, 6.07) is 9.64. The van der Waals surface area contributed by atoms with Crippen LogP contribution in [0.4, 0.5) is 5.82 Å². The second-order valence-corrected chi connectivity index (χ2v) is 5.14. The van der Waals surface area contributed by atoms with E-state index < -0.39 is 5.97 Å². The summed E-state index contributed by atoms with van der Waals surface area (Å²) in [6.07, 6.45) is 2.07. The highest BCUT2D eigenvalue weighted by Crippen LogP contribution is 2.23. The van der Waals surface area contributed by atoms with Gasteiger partial charge >= 0.3 is 5.97 Å². The molecule has 0 fully saturated rings. The topological polar surface area (TPSA) is 94.0 Å². The van der Waals surface area contributed by atoms with Gasteiger partial charge in [0.1, 0.15) is 11.6 Å². The van der Waals surface area contributed by atoms with Gasteiger partial charge in [0, 0.05) is 6.42 Å². The minimum absolute atomic E-state index is 0.0324. The van der Waals surface area contributed by atoms with Crippen LogP contribution in [0.5, 0.6) is 0 Å². The summed E-state index contributed by atoms with van der Waals surface area (Å²) in [5.74, 6) is 0.347. The molecule has 0 amide bonds. The Morgan fingerprint density at radius 2 is 2.14 bits per heavy atom. The van der Waals surface area contributed by atoms with Crippen LogP contribution in [-0.4, -0.2) is 25.6 Å². The second kappa shape index (κ2) is 5.48. The summed E-state index contributed by atoms with van der Waals surface area (Å²) in [6.45, 7) is 1.89. The quantitative estimate of drug-likeness (QED) is 0.770. The zero-order valence-corrected chi connectivity index (χ0v) is 12.2. The lowest BCUT2D eigenvalue weighted by atomic mass is 10.2. The van der Waals surface area contributed by atoms with Crippen molar-refractivity contribution >= 4 is 22.8 Å². The number of hydrogen-bond donors (Lipinski definition) is 2. The molecule has 0 atom stereocenters. The van der Waals surface area contributed by atoms with E-state index in [0.29, 0.717) is 18.1 Å². The first-order valence-electron chi connectivity index (χ1n) is 6.97. The molecule has 0 aliphatic rings. The molecule has 1 aromatic carbocycles. The van der Waals surface area contributed by atoms with E-state index in [9.17, 15) is 4.79 Å². The van der Waals surface area contributed by atoms with Gasteiger partial charge in [-0.3, -0.25) is 9.36 Å². The number of carboxylic acids is 1. The van der Waals surface area contributed by atoms with Gasteiger partial charge in [-0.05, 0) is 30.7 Å². The summed E-state index contributed by atoms with van der Waals surface area (Å²) in [7, 11) is 0. The molecule has 22 heavy (non-hydrogen) atoms. The number of benzene rings is 1. The van der Waals surface area contributed by atoms with Gasteiger partial charge in [0.15, 0.2) is 0 Å². The maximum Gasteiger partial charge on any atom is 0.303 e. The number of para-hydroxylation sites is 2. The third-order valence-corrected chi connectivity index (χ3v) is 3.56. The maximum absolute atomic E-state index is 10.9. The number of hydrogen-bond acceptors (Lipinski definition) is 4. The molecule has 0 radical (unpaired) electrons. The lowest BCUT2D eigenvalue weighted by Gasteiger charge is -2.10. The Kier molecular flexibility index (Phi) is 3.50. The molecule has 2 heterocycles. The minimum Gasteiger partial charge on any atom is -0.481 e. The van der Waals surface area contributed by atoms with Gasteiger partial charge < -0.3 is 10.8 Å². The lowest BCUT2D eigenvalue weighted by molar-refractivity contribution is -0.137. The van der Waals surface area contributed by atoms with Crippen molar-refractivity contribution < 1.29 is 9.90 Å². The maximum atomic E-state index is 10.9. The Hall–Kier alpha value is -2.89. The number of aromatic nitrogens is 3. The molecule has 0 unspecified atom stereocenters. The van der Waals surface area contributed by atoms with E-state index >= 15 is 0 Å². The first-order valence-corrected chi connectivity index (χ1v) is 6.97. The molecule has 3 rings (SSSR count). The van der Waals surface area contributed by atoms with Gasteiger partial charge in [0.25, 0.3) is 0 Å². The number of imidazole rings is 1. The molecule has 0 saturated carbocycles. The SMILES string of the molecule is Cc1cc(-n2c(CCC(=O)O)nc3ccccc32)cnc1N. The van der Waals surface area contributed by atoms with E-state index in [1.165, 1.54) is 0 Å². The monoisotopic (exact) mass is 296 g/mol. The van der Waals surface area contributed by atoms with Crippen molar-refractivity contribution in [3.63, 3.8) is 0 Å². The van der Waals surface area contributed by atoms with E-state index in [1.54, 1.807) is 6.20 Å². The number of aryl methyl sites for hydroxylation is 2. The highest BCUT2D eigenvalue weighted by Gasteiger charge is 2.14. The highest BCUT2D eigenvalue weighted by molar-refractivity contribution is 5.78. The number of carbonyl (C=O) groups is 1. The average molecular weight is 296 g/mol. The standard InChI is InChI=1S/C16H16N4O2/c1-10-8-11(9-18-16(10)17)20-13-5-3-2-4-12(13)19-14(20)6-7-15(21)22/h2-5,8-9H,6-7H2,1H3,(H2,17,18)(H,21,22). The third-order valence-electron chi connectivity index (χ3n) is 3.56. The predicted octanol–water partition coefficient (Wildman–Crippen LogP) is 2.33. The van der Waals surface area contributed by atoms with Crippen LogP contribution in [0.2, 0.25) is 0 Å². The smallest absolute Gasteiger partial charge is 0.303 e. The Balaban J connectivity index is 2.18. The van der Waals surface area contributed by atoms with Crippen molar-refractivity contribution in [2.24, 2.45) is 0 Å². The number of rotatable bonds is 4. The summed E-state index contributed by atoms with van der Waals surface area (Å²) < 4.78 is 1.94. The molecule has 0 spiro atoms. The summed E-state index contributed by atoms with van der Waals surface area (Å²) in [5, 5.41) is 8.93. The normalized spacial score (nSPS) is 11.0. The van der Waals surface area contributed by atoms with Crippen molar-refractivity contribution in [1.29, 1.82) is 0 Å². The van der Waals surface area contributed by atoms with Crippen LogP contribution in [0.1, 0.15) is 17.8 Å². The zero-order chi connectivity index (χ0) is 15.7. The fraction of sp³-hybridized carbons (Fsp3) is 0.188. The molecule has 0 saturated heterocycles. The first-order chi connectivity index (χ1) is 10.6. The van der Waals surface area contributed by atoms with Crippen molar-refractivity contribution in [3.05, 3.63) is 47.9 Å². The molecule has 6 nitrogen and oxygen atoms in total. The Bertz CT molecular complexity index is 854. The Morgan fingerprint density at radius 3 is 2.86 bits per heavy atom. The second-order valence-electron chi connectivity index (χ2n) is 5.14. The lowest BCUT2D eigenvalue weighted by Crippen LogP contribution is -2.06. The molecule has 112 valence electrons. The van der Waals surface area contributed by atoms with Crippen LogP contribution in [-0.2, 0) is 11.2 Å². The van der Waals surface area contributed by atoms with Crippen LogP contribution < -0.4 is 5.73 Å². The molecule has 2 aromatic heterocycles. The van der Waals surface area contributed by atoms with Crippen LogP contribution >= 0.6 is 0 Å². The summed E-state index contributed by atoms with van der Waals surface area (Å²) in [4.78, 5) is 19.6. The van der Waals surface area contributed by atoms with E-state index in [0.717, 1.165) is 22.3 Å². The number of fused-ring (bicyclic) bond motifs is 1. The Morgan fingerprint density at radius 1 is 1.36 bits per heavy atom. The van der Waals surface area contributed by atoms with Gasteiger partial charge in [-0.25, -0.2) is 9.97 Å². The molecular weight excluding hydrogens is 280 g/mol. The van der Waals surface area contributed by atoms with E-state index in [1.807, 2.05) is 41.8 Å². The van der Waals surface area contributed by atoms with E-state index in [-0.39, 0.29) is 6.42 Å². The fourth-order valence-electron chi connectivity index (χ4n) is 2.44. The van der Waals surface area contributed by atoms with E-state index in [4.69, 9.17) is 10.8 Å². The number of anilines is 1. The minimum atomic E-state index is -0.842. The first kappa shape index (κ1) is 14.1. The van der Waals surface area contributed by atoms with Gasteiger partial charge in [0.2, 0.25) is 0 Å². The van der Waals surface area contributed by atoms with Crippen molar-refractivity contribution in [1.82, 2.24) is 14.5 Å². The molecule has 6 heteroatoms. The largest absolute Gasteiger partial charge is 0.481 e. The predicted molar refractivity (Wildman–Crippen MR) is 84.0 cm³/mol. The molecular formula is C16H16N4O2. The van der Waals surface area contributed by atoms with Gasteiger partial charge in [-0.2, -0.15) is 0 Å².